The molecule has 108 valence electrons. The van der Waals surface area contributed by atoms with Gasteiger partial charge in [0.1, 0.15) is 0 Å². The van der Waals surface area contributed by atoms with Crippen LogP contribution in [0.15, 0.2) is 23.1 Å². The normalized spacial score (nSPS) is 12.4. The fourth-order valence-electron chi connectivity index (χ4n) is 1.31. The van der Waals surface area contributed by atoms with Crippen molar-refractivity contribution in [3.8, 4) is 0 Å². The fraction of sp³-hybridized carbons (Fsp3) is 0.400. The number of nitrogens with one attached hydrogen (secondary N) is 2. The van der Waals surface area contributed by atoms with Crippen LogP contribution in [0.25, 0.3) is 0 Å². The number of sulfonamides is 1. The molecule has 0 atom stereocenters. The van der Waals surface area contributed by atoms with Gasteiger partial charge in [-0.25, -0.2) is 13.1 Å². The third-order valence-corrected chi connectivity index (χ3v) is 3.74. The zero-order chi connectivity index (χ0) is 14.7. The van der Waals surface area contributed by atoms with E-state index in [0.29, 0.717) is 0 Å². The first-order valence-corrected chi connectivity index (χ1v) is 6.78. The average molecular weight is 297 g/mol. The van der Waals surface area contributed by atoms with Crippen molar-refractivity contribution in [2.75, 3.05) is 24.6 Å². The van der Waals surface area contributed by atoms with Crippen LogP contribution in [0.4, 0.5) is 24.5 Å². The van der Waals surface area contributed by atoms with Crippen molar-refractivity contribution in [1.82, 2.24) is 4.72 Å². The quantitative estimate of drug-likeness (QED) is 0.720. The van der Waals surface area contributed by atoms with Crippen LogP contribution >= 0.6 is 0 Å². The molecule has 0 radical (unpaired) electrons. The summed E-state index contributed by atoms with van der Waals surface area (Å²) in [6.45, 7) is -0.378. The van der Waals surface area contributed by atoms with E-state index >= 15 is 0 Å². The first kappa shape index (κ1) is 15.6. The largest absolute Gasteiger partial charge is 0.397 e. The Morgan fingerprint density at radius 3 is 2.47 bits per heavy atom. The van der Waals surface area contributed by atoms with E-state index in [0.717, 1.165) is 0 Å². The van der Waals surface area contributed by atoms with E-state index in [2.05, 4.69) is 10.0 Å². The number of alkyl halides is 3. The summed E-state index contributed by atoms with van der Waals surface area (Å²) in [6.07, 6.45) is -5.31. The van der Waals surface area contributed by atoms with Crippen molar-refractivity contribution in [2.45, 2.75) is 17.5 Å². The highest BCUT2D eigenvalue weighted by Gasteiger charge is 2.26. The van der Waals surface area contributed by atoms with Crippen LogP contribution in [0.2, 0.25) is 0 Å². The molecule has 0 fully saturated rings. The van der Waals surface area contributed by atoms with Gasteiger partial charge in [-0.2, -0.15) is 13.2 Å². The van der Waals surface area contributed by atoms with E-state index in [1.807, 2.05) is 0 Å². The first-order chi connectivity index (χ1) is 8.65. The van der Waals surface area contributed by atoms with E-state index in [1.54, 1.807) is 0 Å². The van der Waals surface area contributed by atoms with Gasteiger partial charge in [0.15, 0.2) is 0 Å². The smallest absolute Gasteiger partial charge is 0.390 e. The molecule has 0 aromatic heterocycles. The lowest BCUT2D eigenvalue weighted by atomic mass is 10.2. The van der Waals surface area contributed by atoms with E-state index in [-0.39, 0.29) is 22.8 Å². The Kier molecular flexibility index (Phi) is 4.64. The number of halogens is 3. The number of benzene rings is 1. The van der Waals surface area contributed by atoms with Crippen LogP contribution in [0.1, 0.15) is 6.42 Å². The van der Waals surface area contributed by atoms with Gasteiger partial charge in [-0.05, 0) is 25.2 Å². The Hall–Kier alpha value is -1.48. The zero-order valence-electron chi connectivity index (χ0n) is 10.1. The van der Waals surface area contributed by atoms with E-state index in [1.165, 1.54) is 25.2 Å². The molecule has 0 amide bonds. The topological polar surface area (TPSA) is 84.2 Å². The van der Waals surface area contributed by atoms with Gasteiger partial charge >= 0.3 is 6.18 Å². The predicted molar refractivity (Wildman–Crippen MR) is 66.3 cm³/mol. The summed E-state index contributed by atoms with van der Waals surface area (Å²) in [5, 5.41) is 2.47. The molecule has 1 aromatic rings. The second kappa shape index (κ2) is 5.66. The number of nitrogen functional groups attached to an aromatic ring is 1. The van der Waals surface area contributed by atoms with Gasteiger partial charge in [0, 0.05) is 6.54 Å². The van der Waals surface area contributed by atoms with Crippen LogP contribution in [0, 0.1) is 0 Å². The summed E-state index contributed by atoms with van der Waals surface area (Å²) in [7, 11) is -2.42. The maximum absolute atomic E-state index is 12.0. The van der Waals surface area contributed by atoms with Crippen molar-refractivity contribution in [3.05, 3.63) is 18.2 Å². The lowest BCUT2D eigenvalue weighted by molar-refractivity contribution is -0.131. The molecule has 0 heterocycles. The third-order valence-electron chi connectivity index (χ3n) is 2.33. The maximum atomic E-state index is 12.0. The van der Waals surface area contributed by atoms with Crippen LogP contribution in [0.5, 0.6) is 0 Å². The fourth-order valence-corrected chi connectivity index (χ4v) is 2.07. The summed E-state index contributed by atoms with van der Waals surface area (Å²) < 4.78 is 61.2. The molecule has 0 bridgehead atoms. The highest BCUT2D eigenvalue weighted by molar-refractivity contribution is 7.89. The van der Waals surface area contributed by atoms with E-state index in [4.69, 9.17) is 5.73 Å². The minimum absolute atomic E-state index is 0.0706. The van der Waals surface area contributed by atoms with Gasteiger partial charge in [0.2, 0.25) is 10.0 Å². The summed E-state index contributed by atoms with van der Waals surface area (Å²) in [5.41, 5.74) is 5.90. The second-order valence-electron chi connectivity index (χ2n) is 3.75. The molecule has 1 rings (SSSR count). The molecule has 5 nitrogen and oxygen atoms in total. The number of hydrogen-bond donors (Lipinski definition) is 3. The monoisotopic (exact) mass is 297 g/mol. The molecule has 1 aromatic carbocycles. The van der Waals surface area contributed by atoms with Gasteiger partial charge in [-0.1, -0.05) is 0 Å². The Morgan fingerprint density at radius 2 is 1.95 bits per heavy atom. The first-order valence-electron chi connectivity index (χ1n) is 5.29. The molecule has 0 aliphatic rings. The third kappa shape index (κ3) is 4.60. The molecule has 19 heavy (non-hydrogen) atoms. The second-order valence-corrected chi connectivity index (χ2v) is 5.64. The highest BCUT2D eigenvalue weighted by Crippen LogP contribution is 2.24. The van der Waals surface area contributed by atoms with Crippen molar-refractivity contribution in [3.63, 3.8) is 0 Å². The molecule has 0 saturated carbocycles. The summed E-state index contributed by atoms with van der Waals surface area (Å²) in [4.78, 5) is -0.0706. The van der Waals surface area contributed by atoms with Gasteiger partial charge in [0.05, 0.1) is 22.7 Å². The molecule has 0 aliphatic heterocycles. The number of rotatable bonds is 5. The Morgan fingerprint density at radius 1 is 1.32 bits per heavy atom. The van der Waals surface area contributed by atoms with Gasteiger partial charge in [-0.15, -0.1) is 0 Å². The standard InChI is InChI=1S/C10H14F3N3O2S/c1-15-19(17,18)7-2-3-8(14)9(6-7)16-5-4-10(11,12)13/h2-3,6,15-16H,4-5,14H2,1H3. The summed E-state index contributed by atoms with van der Waals surface area (Å²) in [5.74, 6) is 0. The van der Waals surface area contributed by atoms with Gasteiger partial charge in [-0.3, -0.25) is 0 Å². The van der Waals surface area contributed by atoms with Gasteiger partial charge in [0.25, 0.3) is 0 Å². The Bertz CT molecular complexity index is 543. The van der Waals surface area contributed by atoms with E-state index in [9.17, 15) is 21.6 Å². The number of nitrogens with two attached hydrogens (primary N) is 1. The summed E-state index contributed by atoms with van der Waals surface area (Å²) >= 11 is 0. The van der Waals surface area contributed by atoms with Crippen LogP contribution in [-0.2, 0) is 10.0 Å². The lowest BCUT2D eigenvalue weighted by Crippen LogP contribution is -2.19. The Labute approximate surface area is 109 Å². The van der Waals surface area contributed by atoms with Crippen molar-refractivity contribution < 1.29 is 21.6 Å². The SMILES string of the molecule is CNS(=O)(=O)c1ccc(N)c(NCCC(F)(F)F)c1. The molecular weight excluding hydrogens is 283 g/mol. The molecule has 0 aliphatic carbocycles. The molecular formula is C10H14F3N3O2S. The zero-order valence-corrected chi connectivity index (χ0v) is 10.9. The van der Waals surface area contributed by atoms with Crippen molar-refractivity contribution in [2.24, 2.45) is 0 Å². The molecule has 4 N–H and O–H groups in total. The molecule has 9 heteroatoms. The highest BCUT2D eigenvalue weighted by atomic mass is 32.2. The summed E-state index contributed by atoms with van der Waals surface area (Å²) in [6, 6.07) is 3.79. The molecule has 0 saturated heterocycles. The predicted octanol–water partition coefficient (Wildman–Crippen LogP) is 1.54. The van der Waals surface area contributed by atoms with Crippen LogP contribution in [0.3, 0.4) is 0 Å². The number of hydrogen-bond acceptors (Lipinski definition) is 4. The minimum atomic E-state index is -4.28. The van der Waals surface area contributed by atoms with Crippen molar-refractivity contribution >= 4 is 21.4 Å². The van der Waals surface area contributed by atoms with Gasteiger partial charge < -0.3 is 11.1 Å². The van der Waals surface area contributed by atoms with Crippen LogP contribution in [-0.4, -0.2) is 28.2 Å². The van der Waals surface area contributed by atoms with E-state index < -0.39 is 22.6 Å². The lowest BCUT2D eigenvalue weighted by Gasteiger charge is -2.12. The van der Waals surface area contributed by atoms with Crippen molar-refractivity contribution in [1.29, 1.82) is 0 Å². The van der Waals surface area contributed by atoms with Crippen LogP contribution < -0.4 is 15.8 Å². The Balaban J connectivity index is 2.87. The number of anilines is 2. The molecule has 0 unspecified atom stereocenters. The maximum Gasteiger partial charge on any atom is 0.390 e. The molecule has 0 spiro atoms. The minimum Gasteiger partial charge on any atom is -0.397 e. The average Bonchev–Trinajstić information content (AvgIpc) is 2.29.